The normalized spacial score (nSPS) is 20.7. The highest BCUT2D eigenvalue weighted by atomic mass is 32.2. The summed E-state index contributed by atoms with van der Waals surface area (Å²) in [5.74, 6) is -1.15. The number of esters is 1. The first-order valence-corrected chi connectivity index (χ1v) is 13.9. The summed E-state index contributed by atoms with van der Waals surface area (Å²) in [5, 5.41) is 2.37. The van der Waals surface area contributed by atoms with E-state index in [0.29, 0.717) is 11.5 Å². The zero-order chi connectivity index (χ0) is 23.4. The second kappa shape index (κ2) is 10.1. The molecule has 1 fully saturated rings. The molecule has 172 valence electrons. The van der Waals surface area contributed by atoms with Crippen molar-refractivity contribution >= 4 is 38.0 Å². The topological polar surface area (TPSA) is 94.2 Å². The monoisotopic (exact) mass is 468 g/mol. The molecule has 0 saturated carbocycles. The SMILES string of the molecule is C=CCOC(=O)NCC1=C(C(=O)OCC=C)N2C(=O)[C@H](CO[Si](C)(C)C(C)(C)C)[C@H]2S1. The maximum atomic E-state index is 12.9. The number of carbonyl (C=O) groups excluding carboxylic acids is 3. The van der Waals surface area contributed by atoms with Gasteiger partial charge in [-0.25, -0.2) is 9.59 Å². The molecular formula is C21H32N2O6SSi. The van der Waals surface area contributed by atoms with Gasteiger partial charge in [-0.1, -0.05) is 57.8 Å². The minimum atomic E-state index is -2.02. The molecule has 0 spiro atoms. The van der Waals surface area contributed by atoms with Gasteiger partial charge >= 0.3 is 12.1 Å². The molecule has 1 N–H and O–H groups in total. The van der Waals surface area contributed by atoms with Crippen LogP contribution in [0.2, 0.25) is 18.1 Å². The molecule has 2 rings (SSSR count). The highest BCUT2D eigenvalue weighted by Crippen LogP contribution is 2.50. The molecule has 0 radical (unpaired) electrons. The fourth-order valence-corrected chi connectivity index (χ4v) is 5.22. The van der Waals surface area contributed by atoms with Crippen LogP contribution in [0.25, 0.3) is 0 Å². The Bertz CT molecular complexity index is 789. The van der Waals surface area contributed by atoms with E-state index in [9.17, 15) is 14.4 Å². The van der Waals surface area contributed by atoms with Gasteiger partial charge in [-0.05, 0) is 18.1 Å². The second-order valence-corrected chi connectivity index (χ2v) is 14.8. The minimum Gasteiger partial charge on any atom is -0.457 e. The molecular weight excluding hydrogens is 436 g/mol. The van der Waals surface area contributed by atoms with Gasteiger partial charge in [0.1, 0.15) is 24.3 Å². The summed E-state index contributed by atoms with van der Waals surface area (Å²) in [6.07, 6.45) is 2.28. The van der Waals surface area contributed by atoms with Gasteiger partial charge in [0, 0.05) is 11.5 Å². The molecule has 0 aromatic rings. The number of thioether (sulfide) groups is 1. The van der Waals surface area contributed by atoms with Crippen molar-refractivity contribution in [2.24, 2.45) is 5.92 Å². The third-order valence-electron chi connectivity index (χ3n) is 5.60. The lowest BCUT2D eigenvalue weighted by atomic mass is 9.98. The van der Waals surface area contributed by atoms with Crippen molar-refractivity contribution in [2.45, 2.75) is 44.3 Å². The Morgan fingerprint density at radius 1 is 1.19 bits per heavy atom. The van der Waals surface area contributed by atoms with E-state index < -0.39 is 20.4 Å². The van der Waals surface area contributed by atoms with Gasteiger partial charge in [-0.3, -0.25) is 9.69 Å². The Kier molecular flexibility index (Phi) is 8.18. The lowest BCUT2D eigenvalue weighted by Gasteiger charge is -2.44. The number of ether oxygens (including phenoxy) is 2. The summed E-state index contributed by atoms with van der Waals surface area (Å²) < 4.78 is 16.3. The number of amides is 2. The first-order chi connectivity index (χ1) is 14.4. The maximum Gasteiger partial charge on any atom is 0.407 e. The predicted molar refractivity (Wildman–Crippen MR) is 123 cm³/mol. The number of fused-ring (bicyclic) bond motifs is 1. The van der Waals surface area contributed by atoms with Crippen molar-refractivity contribution in [3.8, 4) is 0 Å². The van der Waals surface area contributed by atoms with Crippen molar-refractivity contribution in [3.63, 3.8) is 0 Å². The van der Waals surface area contributed by atoms with Crippen LogP contribution in [0.5, 0.6) is 0 Å². The van der Waals surface area contributed by atoms with Crippen LogP contribution < -0.4 is 5.32 Å². The number of alkyl carbamates (subject to hydrolysis) is 1. The third kappa shape index (κ3) is 5.61. The van der Waals surface area contributed by atoms with Crippen molar-refractivity contribution in [1.82, 2.24) is 10.2 Å². The van der Waals surface area contributed by atoms with Crippen molar-refractivity contribution in [1.29, 1.82) is 0 Å². The molecule has 0 aliphatic carbocycles. The second-order valence-electron chi connectivity index (χ2n) is 8.79. The average Bonchev–Trinajstić information content (AvgIpc) is 3.03. The average molecular weight is 469 g/mol. The van der Waals surface area contributed by atoms with Crippen LogP contribution >= 0.6 is 11.8 Å². The molecule has 2 amide bonds. The molecule has 2 aliphatic heterocycles. The summed E-state index contributed by atoms with van der Waals surface area (Å²) >= 11 is 1.37. The van der Waals surface area contributed by atoms with Gasteiger partial charge < -0.3 is 19.2 Å². The first-order valence-electron chi connectivity index (χ1n) is 10.1. The predicted octanol–water partition coefficient (Wildman–Crippen LogP) is 3.39. The van der Waals surface area contributed by atoms with Crippen LogP contribution in [0.4, 0.5) is 4.79 Å². The largest absolute Gasteiger partial charge is 0.457 e. The van der Waals surface area contributed by atoms with Crippen LogP contribution in [-0.4, -0.2) is 62.9 Å². The third-order valence-corrected chi connectivity index (χ3v) is 11.5. The Morgan fingerprint density at radius 2 is 1.81 bits per heavy atom. The fourth-order valence-electron chi connectivity index (χ4n) is 2.78. The lowest BCUT2D eigenvalue weighted by Crippen LogP contribution is -2.60. The molecule has 1 saturated heterocycles. The zero-order valence-electron chi connectivity index (χ0n) is 18.9. The van der Waals surface area contributed by atoms with E-state index in [2.05, 4.69) is 52.3 Å². The van der Waals surface area contributed by atoms with Crippen LogP contribution in [0.1, 0.15) is 20.8 Å². The van der Waals surface area contributed by atoms with Crippen LogP contribution in [0.15, 0.2) is 35.9 Å². The molecule has 8 nitrogen and oxygen atoms in total. The first kappa shape index (κ1) is 25.2. The highest BCUT2D eigenvalue weighted by molar-refractivity contribution is 8.04. The van der Waals surface area contributed by atoms with E-state index in [1.165, 1.54) is 28.8 Å². The Balaban J connectivity index is 2.11. The number of rotatable bonds is 10. The van der Waals surface area contributed by atoms with Gasteiger partial charge in [0.25, 0.3) is 0 Å². The quantitative estimate of drug-likeness (QED) is 0.227. The molecule has 31 heavy (non-hydrogen) atoms. The molecule has 0 bridgehead atoms. The van der Waals surface area contributed by atoms with E-state index in [0.717, 1.165) is 0 Å². The van der Waals surface area contributed by atoms with Crippen LogP contribution in [-0.2, 0) is 23.5 Å². The lowest BCUT2D eigenvalue weighted by molar-refractivity contribution is -0.154. The standard InChI is InChI=1S/C21H32N2O6SSi/c1-8-10-27-19(25)16-15(12-22-20(26)28-11-9-2)30-18-14(17(24)23(16)18)13-29-31(6,7)21(3,4)5/h8-9,14,18H,1-2,10-13H2,3-7H3,(H,22,26)/t14-,18+/m0/s1. The Hall–Kier alpha value is -2.04. The van der Waals surface area contributed by atoms with Gasteiger partial charge in [0.05, 0.1) is 12.5 Å². The molecule has 2 aliphatic rings. The molecule has 10 heteroatoms. The number of β-lactam (4-membered cyclic amide) rings is 1. The van der Waals surface area contributed by atoms with E-state index in [4.69, 9.17) is 13.9 Å². The fraction of sp³-hybridized carbons (Fsp3) is 0.571. The number of nitrogens with one attached hydrogen (secondary N) is 1. The molecule has 2 atom stereocenters. The number of nitrogens with zero attached hydrogens (tertiary/aromatic N) is 1. The smallest absolute Gasteiger partial charge is 0.407 e. The van der Waals surface area contributed by atoms with Crippen LogP contribution in [0.3, 0.4) is 0 Å². The van der Waals surface area contributed by atoms with Crippen molar-refractivity contribution in [3.05, 3.63) is 35.9 Å². The summed E-state index contributed by atoms with van der Waals surface area (Å²) in [7, 11) is -2.02. The molecule has 2 heterocycles. The molecule has 0 aromatic heterocycles. The molecule has 0 unspecified atom stereocenters. The van der Waals surface area contributed by atoms with Gasteiger partial charge in [0.15, 0.2) is 8.32 Å². The van der Waals surface area contributed by atoms with E-state index in [1.54, 1.807) is 0 Å². The molecule has 0 aromatic carbocycles. The van der Waals surface area contributed by atoms with Crippen molar-refractivity contribution < 1.29 is 28.3 Å². The zero-order valence-corrected chi connectivity index (χ0v) is 20.7. The Labute approximate surface area is 189 Å². The summed E-state index contributed by atoms with van der Waals surface area (Å²) in [6, 6.07) is 0. The maximum absolute atomic E-state index is 12.9. The Morgan fingerprint density at radius 3 is 2.39 bits per heavy atom. The van der Waals surface area contributed by atoms with Gasteiger partial charge in [-0.15, -0.1) is 0 Å². The van der Waals surface area contributed by atoms with Crippen molar-refractivity contribution in [2.75, 3.05) is 26.4 Å². The number of hydrogen-bond acceptors (Lipinski definition) is 7. The highest BCUT2D eigenvalue weighted by Gasteiger charge is 2.56. The summed E-state index contributed by atoms with van der Waals surface area (Å²) in [4.78, 5) is 39.3. The van der Waals surface area contributed by atoms with E-state index in [-0.39, 0.29) is 47.7 Å². The summed E-state index contributed by atoms with van der Waals surface area (Å²) in [6.45, 7) is 18.2. The van der Waals surface area contributed by atoms with Crippen LogP contribution in [0, 0.1) is 5.92 Å². The number of hydrogen-bond donors (Lipinski definition) is 1. The minimum absolute atomic E-state index is 0.0275. The van der Waals surface area contributed by atoms with E-state index in [1.807, 2.05) is 0 Å². The van der Waals surface area contributed by atoms with Gasteiger partial charge in [0.2, 0.25) is 5.91 Å². The van der Waals surface area contributed by atoms with E-state index >= 15 is 0 Å². The van der Waals surface area contributed by atoms with Gasteiger partial charge in [-0.2, -0.15) is 0 Å². The summed E-state index contributed by atoms with van der Waals surface area (Å²) in [5.41, 5.74) is 0.162. The number of carbonyl (C=O) groups is 3.